The quantitative estimate of drug-likeness (QED) is 0.406. The maximum absolute atomic E-state index is 14.0. The molecule has 9 heteroatoms. The molecule has 1 saturated heterocycles. The lowest BCUT2D eigenvalue weighted by Crippen LogP contribution is -2.51. The van der Waals surface area contributed by atoms with Crippen molar-refractivity contribution in [3.63, 3.8) is 0 Å². The van der Waals surface area contributed by atoms with Gasteiger partial charge >= 0.3 is 0 Å². The van der Waals surface area contributed by atoms with Crippen molar-refractivity contribution in [3.05, 3.63) is 105 Å². The Bertz CT molecular complexity index is 1290. The van der Waals surface area contributed by atoms with E-state index in [4.69, 9.17) is 0 Å². The summed E-state index contributed by atoms with van der Waals surface area (Å²) in [5.41, 5.74) is 2.18. The number of anilines is 1. The van der Waals surface area contributed by atoms with Gasteiger partial charge < -0.3 is 10.2 Å². The van der Waals surface area contributed by atoms with Crippen molar-refractivity contribution in [2.24, 2.45) is 0 Å². The molecule has 1 N–H and O–H groups in total. The topological polar surface area (TPSA) is 95.8 Å². The SMILES string of the molecule is Cc1ccc(NC(=O)C(c2ccccc2)N2CCN(C(=O)c3ccc(C)c(F)c3)CC2)c([N+](=O)[O-])c1. The van der Waals surface area contributed by atoms with Gasteiger partial charge in [-0.3, -0.25) is 24.6 Å². The lowest BCUT2D eigenvalue weighted by Gasteiger charge is -2.38. The zero-order valence-corrected chi connectivity index (χ0v) is 20.1. The minimum Gasteiger partial charge on any atom is -0.336 e. The van der Waals surface area contributed by atoms with Crippen molar-refractivity contribution in [2.45, 2.75) is 19.9 Å². The number of rotatable bonds is 6. The van der Waals surface area contributed by atoms with Crippen LogP contribution in [0, 0.1) is 29.8 Å². The summed E-state index contributed by atoms with van der Waals surface area (Å²) in [6.07, 6.45) is 0. The van der Waals surface area contributed by atoms with E-state index in [0.717, 1.165) is 5.56 Å². The molecule has 1 heterocycles. The van der Waals surface area contributed by atoms with E-state index in [9.17, 15) is 24.1 Å². The summed E-state index contributed by atoms with van der Waals surface area (Å²) >= 11 is 0. The minimum atomic E-state index is -0.707. The van der Waals surface area contributed by atoms with Crippen molar-refractivity contribution in [1.29, 1.82) is 0 Å². The molecular weight excluding hydrogens is 463 g/mol. The molecule has 0 bridgehead atoms. The van der Waals surface area contributed by atoms with Crippen LogP contribution in [0.1, 0.15) is 33.1 Å². The van der Waals surface area contributed by atoms with Gasteiger partial charge in [-0.1, -0.05) is 42.5 Å². The third-order valence-corrected chi connectivity index (χ3v) is 6.36. The van der Waals surface area contributed by atoms with E-state index < -0.39 is 22.7 Å². The second kappa shape index (κ2) is 10.7. The first-order chi connectivity index (χ1) is 17.2. The van der Waals surface area contributed by atoms with Crippen LogP contribution in [0.4, 0.5) is 15.8 Å². The summed E-state index contributed by atoms with van der Waals surface area (Å²) in [7, 11) is 0. The lowest BCUT2D eigenvalue weighted by atomic mass is 10.0. The third-order valence-electron chi connectivity index (χ3n) is 6.36. The van der Waals surface area contributed by atoms with E-state index in [1.165, 1.54) is 18.2 Å². The molecule has 0 spiro atoms. The third kappa shape index (κ3) is 5.41. The molecule has 0 aromatic heterocycles. The largest absolute Gasteiger partial charge is 0.336 e. The molecule has 1 fully saturated rings. The molecule has 1 unspecified atom stereocenters. The zero-order valence-electron chi connectivity index (χ0n) is 20.1. The number of carbonyl (C=O) groups excluding carboxylic acids is 2. The Morgan fingerprint density at radius 1 is 0.972 bits per heavy atom. The number of benzene rings is 3. The first kappa shape index (κ1) is 25.0. The average molecular weight is 491 g/mol. The maximum atomic E-state index is 14.0. The Balaban J connectivity index is 1.53. The number of hydrogen-bond acceptors (Lipinski definition) is 5. The van der Waals surface area contributed by atoms with Gasteiger partial charge in [-0.2, -0.15) is 0 Å². The van der Waals surface area contributed by atoms with Gasteiger partial charge in [0, 0.05) is 37.8 Å². The minimum absolute atomic E-state index is 0.131. The molecule has 1 atom stereocenters. The van der Waals surface area contributed by atoms with E-state index in [1.54, 1.807) is 36.9 Å². The summed E-state index contributed by atoms with van der Waals surface area (Å²) in [6.45, 7) is 4.91. The Hall–Kier alpha value is -4.11. The molecular formula is C27H27FN4O4. The van der Waals surface area contributed by atoms with Crippen molar-refractivity contribution in [3.8, 4) is 0 Å². The van der Waals surface area contributed by atoms with Gasteiger partial charge in [0.15, 0.2) is 0 Å². The van der Waals surface area contributed by atoms with Gasteiger partial charge in [-0.05, 0) is 48.7 Å². The molecule has 1 aliphatic heterocycles. The number of nitrogens with one attached hydrogen (secondary N) is 1. The number of halogens is 1. The number of piperazine rings is 1. The number of amides is 2. The predicted molar refractivity (Wildman–Crippen MR) is 134 cm³/mol. The first-order valence-corrected chi connectivity index (χ1v) is 11.6. The number of hydrogen-bond donors (Lipinski definition) is 1. The van der Waals surface area contributed by atoms with Crippen LogP contribution < -0.4 is 5.32 Å². The van der Waals surface area contributed by atoms with E-state index >= 15 is 0 Å². The molecule has 36 heavy (non-hydrogen) atoms. The standard InChI is InChI=1S/C27H27FN4O4/c1-18-8-11-23(24(16-18)32(35)36)29-26(33)25(20-6-4-3-5-7-20)30-12-14-31(15-13-30)27(34)21-10-9-19(2)22(28)17-21/h3-11,16-17,25H,12-15H2,1-2H3,(H,29,33). The number of nitro benzene ring substituents is 1. The van der Waals surface area contributed by atoms with Crippen molar-refractivity contribution in [2.75, 3.05) is 31.5 Å². The van der Waals surface area contributed by atoms with Crippen LogP contribution in [0.25, 0.3) is 0 Å². The monoisotopic (exact) mass is 490 g/mol. The highest BCUT2D eigenvalue weighted by molar-refractivity contribution is 5.97. The maximum Gasteiger partial charge on any atom is 0.293 e. The predicted octanol–water partition coefficient (Wildman–Crippen LogP) is 4.49. The normalized spacial score (nSPS) is 14.8. The lowest BCUT2D eigenvalue weighted by molar-refractivity contribution is -0.384. The fourth-order valence-corrected chi connectivity index (χ4v) is 4.35. The van der Waals surface area contributed by atoms with E-state index in [-0.39, 0.29) is 22.8 Å². The molecule has 1 aliphatic rings. The Labute approximate surface area is 208 Å². The molecule has 0 radical (unpaired) electrons. The van der Waals surface area contributed by atoms with Gasteiger partial charge in [0.1, 0.15) is 17.5 Å². The second-order valence-electron chi connectivity index (χ2n) is 8.87. The Kier molecular flexibility index (Phi) is 7.40. The van der Waals surface area contributed by atoms with E-state index in [1.807, 2.05) is 35.2 Å². The van der Waals surface area contributed by atoms with Gasteiger partial charge in [0.2, 0.25) is 5.91 Å². The van der Waals surface area contributed by atoms with Crippen LogP contribution in [0.2, 0.25) is 0 Å². The summed E-state index contributed by atoms with van der Waals surface area (Å²) in [6, 6.07) is 17.6. The molecule has 0 saturated carbocycles. The first-order valence-electron chi connectivity index (χ1n) is 11.6. The Morgan fingerprint density at radius 3 is 2.31 bits per heavy atom. The molecule has 186 valence electrons. The molecule has 3 aromatic rings. The van der Waals surface area contributed by atoms with Crippen LogP contribution in [-0.4, -0.2) is 52.7 Å². The average Bonchev–Trinajstić information content (AvgIpc) is 2.87. The summed E-state index contributed by atoms with van der Waals surface area (Å²) in [5.74, 6) is -1.08. The number of carbonyl (C=O) groups is 2. The summed E-state index contributed by atoms with van der Waals surface area (Å²) in [5, 5.41) is 14.3. The highest BCUT2D eigenvalue weighted by Crippen LogP contribution is 2.29. The summed E-state index contributed by atoms with van der Waals surface area (Å²) < 4.78 is 14.0. The molecule has 4 rings (SSSR count). The second-order valence-corrected chi connectivity index (χ2v) is 8.87. The Morgan fingerprint density at radius 2 is 1.67 bits per heavy atom. The molecule has 3 aromatic carbocycles. The van der Waals surface area contributed by atoms with Gasteiger partial charge in [0.25, 0.3) is 11.6 Å². The van der Waals surface area contributed by atoms with Crippen molar-refractivity contribution in [1.82, 2.24) is 9.80 Å². The fourth-order valence-electron chi connectivity index (χ4n) is 4.35. The highest BCUT2D eigenvalue weighted by atomic mass is 19.1. The van der Waals surface area contributed by atoms with Crippen LogP contribution in [-0.2, 0) is 4.79 Å². The smallest absolute Gasteiger partial charge is 0.293 e. The van der Waals surface area contributed by atoms with Gasteiger partial charge in [-0.25, -0.2) is 4.39 Å². The van der Waals surface area contributed by atoms with E-state index in [2.05, 4.69) is 5.32 Å². The number of nitrogens with zero attached hydrogens (tertiary/aromatic N) is 3. The highest BCUT2D eigenvalue weighted by Gasteiger charge is 2.33. The molecule has 2 amide bonds. The fraction of sp³-hybridized carbons (Fsp3) is 0.259. The van der Waals surface area contributed by atoms with E-state index in [0.29, 0.717) is 37.3 Å². The number of aryl methyl sites for hydroxylation is 2. The van der Waals surface area contributed by atoms with Gasteiger partial charge in [-0.15, -0.1) is 0 Å². The molecule has 0 aliphatic carbocycles. The number of nitro groups is 1. The van der Waals surface area contributed by atoms with Crippen LogP contribution in [0.3, 0.4) is 0 Å². The van der Waals surface area contributed by atoms with Crippen LogP contribution in [0.15, 0.2) is 66.7 Å². The van der Waals surface area contributed by atoms with Crippen LogP contribution >= 0.6 is 0 Å². The van der Waals surface area contributed by atoms with Gasteiger partial charge in [0.05, 0.1) is 4.92 Å². The summed E-state index contributed by atoms with van der Waals surface area (Å²) in [4.78, 5) is 41.0. The zero-order chi connectivity index (χ0) is 25.8. The van der Waals surface area contributed by atoms with Crippen molar-refractivity contribution < 1.29 is 18.9 Å². The van der Waals surface area contributed by atoms with Crippen molar-refractivity contribution >= 4 is 23.2 Å². The molecule has 8 nitrogen and oxygen atoms in total. The van der Waals surface area contributed by atoms with Crippen LogP contribution in [0.5, 0.6) is 0 Å².